The van der Waals surface area contributed by atoms with Gasteiger partial charge in [0.1, 0.15) is 12.4 Å². The summed E-state index contributed by atoms with van der Waals surface area (Å²) in [5.41, 5.74) is 0.590. The largest absolute Gasteiger partial charge is 0.491 e. The molecule has 0 aliphatic carbocycles. The molecule has 3 nitrogen and oxygen atoms in total. The van der Waals surface area contributed by atoms with E-state index in [1.807, 2.05) is 18.2 Å². The topological polar surface area (TPSA) is 29.5 Å². The van der Waals surface area contributed by atoms with Gasteiger partial charge < -0.3 is 4.74 Å². The molecule has 0 aromatic heterocycles. The number of benzene rings is 1. The Morgan fingerprint density at radius 2 is 2.28 bits per heavy atom. The zero-order chi connectivity index (χ0) is 13.0. The van der Waals surface area contributed by atoms with Gasteiger partial charge in [-0.15, -0.1) is 0 Å². The summed E-state index contributed by atoms with van der Waals surface area (Å²) in [6.07, 6.45) is 1.27. The second-order valence-corrected chi connectivity index (χ2v) is 5.53. The van der Waals surface area contributed by atoms with Gasteiger partial charge in [0, 0.05) is 13.1 Å². The Hall–Kier alpha value is -0.870. The van der Waals surface area contributed by atoms with Crippen molar-refractivity contribution in [2.24, 2.45) is 5.92 Å². The maximum absolute atomic E-state index is 11.4. The van der Waals surface area contributed by atoms with Crippen LogP contribution in [-0.2, 0) is 0 Å². The second-order valence-electron chi connectivity index (χ2n) is 4.81. The lowest BCUT2D eigenvalue weighted by molar-refractivity contribution is 0.109. The van der Waals surface area contributed by atoms with Gasteiger partial charge in [-0.2, -0.15) is 0 Å². The van der Waals surface area contributed by atoms with Crippen molar-refractivity contribution in [3.05, 3.63) is 29.8 Å². The normalized spacial score (nSPS) is 20.0. The molecule has 0 N–H and O–H groups in total. The van der Waals surface area contributed by atoms with Gasteiger partial charge in [-0.1, -0.05) is 19.1 Å². The van der Waals surface area contributed by atoms with Crippen LogP contribution in [-0.4, -0.2) is 35.8 Å². The summed E-state index contributed by atoms with van der Waals surface area (Å²) in [6, 6.07) is 7.32. The molecule has 0 radical (unpaired) electrons. The Balaban J connectivity index is 1.85. The van der Waals surface area contributed by atoms with Gasteiger partial charge in [-0.05, 0) is 46.9 Å². The molecule has 0 spiro atoms. The molecular formula is C14H18BrNO2. The molecule has 1 fully saturated rings. The Morgan fingerprint density at radius 1 is 1.50 bits per heavy atom. The van der Waals surface area contributed by atoms with Crippen LogP contribution >= 0.6 is 15.9 Å². The van der Waals surface area contributed by atoms with Crippen LogP contribution < -0.4 is 4.74 Å². The van der Waals surface area contributed by atoms with Crippen molar-refractivity contribution in [2.45, 2.75) is 13.3 Å². The van der Waals surface area contributed by atoms with E-state index in [-0.39, 0.29) is 4.69 Å². The summed E-state index contributed by atoms with van der Waals surface area (Å²) >= 11 is 2.97. The van der Waals surface area contributed by atoms with Crippen LogP contribution in [0.4, 0.5) is 0 Å². The van der Waals surface area contributed by atoms with Crippen LogP contribution in [0, 0.1) is 5.92 Å². The van der Waals surface area contributed by atoms with Gasteiger partial charge in [-0.25, -0.2) is 0 Å². The van der Waals surface area contributed by atoms with Gasteiger partial charge in [-0.3, -0.25) is 9.69 Å². The lowest BCUT2D eigenvalue weighted by Crippen LogP contribution is -2.26. The third-order valence-electron chi connectivity index (χ3n) is 3.27. The highest BCUT2D eigenvalue weighted by atomic mass is 79.9. The summed E-state index contributed by atoms with van der Waals surface area (Å²) in [7, 11) is 0. The molecule has 18 heavy (non-hydrogen) atoms. The van der Waals surface area contributed by atoms with E-state index in [9.17, 15) is 4.79 Å². The van der Waals surface area contributed by atoms with E-state index in [0.29, 0.717) is 17.9 Å². The van der Waals surface area contributed by atoms with E-state index in [1.165, 1.54) is 6.42 Å². The van der Waals surface area contributed by atoms with Gasteiger partial charge in [0.2, 0.25) is 4.69 Å². The monoisotopic (exact) mass is 311 g/mol. The first kappa shape index (κ1) is 13.6. The molecular weight excluding hydrogens is 294 g/mol. The molecule has 0 bridgehead atoms. The fourth-order valence-corrected chi connectivity index (χ4v) is 2.60. The number of hydrogen-bond acceptors (Lipinski definition) is 3. The molecule has 1 saturated heterocycles. The van der Waals surface area contributed by atoms with E-state index >= 15 is 0 Å². The van der Waals surface area contributed by atoms with Crippen molar-refractivity contribution in [1.82, 2.24) is 4.90 Å². The second kappa shape index (κ2) is 6.34. The first-order valence-electron chi connectivity index (χ1n) is 6.31. The van der Waals surface area contributed by atoms with Gasteiger partial charge in [0.25, 0.3) is 0 Å². The quantitative estimate of drug-likeness (QED) is 0.783. The van der Waals surface area contributed by atoms with Crippen molar-refractivity contribution < 1.29 is 9.53 Å². The fourth-order valence-electron chi connectivity index (χ4n) is 2.27. The molecule has 2 rings (SSSR count). The molecule has 1 atom stereocenters. The van der Waals surface area contributed by atoms with E-state index < -0.39 is 0 Å². The summed E-state index contributed by atoms with van der Waals surface area (Å²) in [5, 5.41) is 0. The van der Waals surface area contributed by atoms with E-state index in [1.54, 1.807) is 6.07 Å². The predicted octanol–water partition coefficient (Wildman–Crippen LogP) is 2.94. The minimum Gasteiger partial charge on any atom is -0.491 e. The highest BCUT2D eigenvalue weighted by Gasteiger charge is 2.18. The van der Waals surface area contributed by atoms with Crippen LogP contribution in [0.3, 0.4) is 0 Å². The van der Waals surface area contributed by atoms with Crippen LogP contribution in [0.2, 0.25) is 0 Å². The van der Waals surface area contributed by atoms with Crippen molar-refractivity contribution in [3.8, 4) is 5.75 Å². The minimum atomic E-state index is -0.132. The molecule has 1 aromatic rings. The molecule has 1 aromatic carbocycles. The van der Waals surface area contributed by atoms with Crippen molar-refractivity contribution in [1.29, 1.82) is 0 Å². The van der Waals surface area contributed by atoms with Crippen LogP contribution in [0.5, 0.6) is 5.75 Å². The number of nitrogens with zero attached hydrogens (tertiary/aromatic N) is 1. The average molecular weight is 312 g/mol. The van der Waals surface area contributed by atoms with Crippen LogP contribution in [0.1, 0.15) is 23.7 Å². The van der Waals surface area contributed by atoms with Gasteiger partial charge in [0.15, 0.2) is 0 Å². The van der Waals surface area contributed by atoms with E-state index in [2.05, 4.69) is 27.8 Å². The van der Waals surface area contributed by atoms with E-state index in [4.69, 9.17) is 4.74 Å². The lowest BCUT2D eigenvalue weighted by atomic mass is 10.2. The standard InChI is InChI=1S/C14H18BrNO2/c1-11-6-7-16(10-11)8-9-18-13-5-3-2-4-12(13)14(15)17/h2-5,11H,6-10H2,1H3. The predicted molar refractivity (Wildman–Crippen MR) is 75.4 cm³/mol. The van der Waals surface area contributed by atoms with Crippen molar-refractivity contribution in [3.63, 3.8) is 0 Å². The summed E-state index contributed by atoms with van der Waals surface area (Å²) in [5.74, 6) is 1.45. The lowest BCUT2D eigenvalue weighted by Gasteiger charge is -2.16. The Labute approximate surface area is 116 Å². The average Bonchev–Trinajstić information content (AvgIpc) is 2.75. The number of likely N-dealkylation sites (tertiary alicyclic amines) is 1. The highest BCUT2D eigenvalue weighted by molar-refractivity contribution is 9.18. The molecule has 1 unspecified atom stereocenters. The number of carbonyl (C=O) groups excluding carboxylic acids is 1. The molecule has 0 saturated carbocycles. The molecule has 0 amide bonds. The summed E-state index contributed by atoms with van der Waals surface area (Å²) in [6.45, 7) is 6.14. The first-order chi connectivity index (χ1) is 8.66. The molecule has 1 aliphatic rings. The smallest absolute Gasteiger partial charge is 0.231 e. The Morgan fingerprint density at radius 3 is 2.94 bits per heavy atom. The highest BCUT2D eigenvalue weighted by Crippen LogP contribution is 2.21. The number of carbonyl (C=O) groups is 1. The van der Waals surface area contributed by atoms with Crippen LogP contribution in [0.15, 0.2) is 24.3 Å². The van der Waals surface area contributed by atoms with Crippen LogP contribution in [0.25, 0.3) is 0 Å². The fraction of sp³-hybridized carbons (Fsp3) is 0.500. The number of rotatable bonds is 5. The number of halogens is 1. The third kappa shape index (κ3) is 3.56. The zero-order valence-electron chi connectivity index (χ0n) is 10.6. The number of para-hydroxylation sites is 1. The van der Waals surface area contributed by atoms with Gasteiger partial charge in [0.05, 0.1) is 5.56 Å². The molecule has 1 aliphatic heterocycles. The zero-order valence-corrected chi connectivity index (χ0v) is 12.1. The summed E-state index contributed by atoms with van der Waals surface area (Å²) < 4.78 is 5.57. The summed E-state index contributed by atoms with van der Waals surface area (Å²) in [4.78, 5) is 13.8. The third-order valence-corrected chi connectivity index (χ3v) is 3.70. The van der Waals surface area contributed by atoms with Crippen molar-refractivity contribution in [2.75, 3.05) is 26.2 Å². The van der Waals surface area contributed by atoms with Gasteiger partial charge >= 0.3 is 0 Å². The van der Waals surface area contributed by atoms with E-state index in [0.717, 1.165) is 25.6 Å². The van der Waals surface area contributed by atoms with Crippen molar-refractivity contribution >= 4 is 20.6 Å². The molecule has 98 valence electrons. The SMILES string of the molecule is CC1CCN(CCOc2ccccc2C(=O)Br)C1. The Bertz CT molecular complexity index is 422. The molecule has 1 heterocycles. The molecule has 4 heteroatoms. The number of hydrogen-bond donors (Lipinski definition) is 0. The minimum absolute atomic E-state index is 0.132. The maximum Gasteiger partial charge on any atom is 0.231 e. The maximum atomic E-state index is 11.4. The first-order valence-corrected chi connectivity index (χ1v) is 7.10. The number of ether oxygens (including phenoxy) is 1. The Kier molecular flexibility index (Phi) is 4.78.